The molecule has 3 aromatic rings. The summed E-state index contributed by atoms with van der Waals surface area (Å²) in [6, 6.07) is 4.93. The number of pyridine rings is 1. The van der Waals surface area contributed by atoms with E-state index < -0.39 is 17.8 Å². The van der Waals surface area contributed by atoms with Crippen LogP contribution in [0.1, 0.15) is 35.8 Å². The molecule has 0 aliphatic rings. The summed E-state index contributed by atoms with van der Waals surface area (Å²) in [5.74, 6) is 0.184. The van der Waals surface area contributed by atoms with Gasteiger partial charge in [-0.15, -0.1) is 0 Å². The first-order valence-corrected chi connectivity index (χ1v) is 11.2. The molecule has 1 amide bonds. The van der Waals surface area contributed by atoms with Crippen LogP contribution in [0.25, 0.3) is 22.4 Å². The van der Waals surface area contributed by atoms with E-state index in [-0.39, 0.29) is 47.7 Å². The number of nitrogens with one attached hydrogen (secondary N) is 2. The highest BCUT2D eigenvalue weighted by Crippen LogP contribution is 2.36. The molecule has 12 heteroatoms. The van der Waals surface area contributed by atoms with Crippen molar-refractivity contribution >= 4 is 23.0 Å². The second-order valence-corrected chi connectivity index (χ2v) is 7.91. The maximum absolute atomic E-state index is 13.2. The number of hydrogen-bond acceptors (Lipinski definition) is 8. The number of carbonyl (C=O) groups excluding carboxylic acids is 1. The number of alkyl halides is 3. The molecule has 0 saturated heterocycles. The van der Waals surface area contributed by atoms with E-state index in [0.29, 0.717) is 16.8 Å². The summed E-state index contributed by atoms with van der Waals surface area (Å²) in [5.41, 5.74) is 4.98. The predicted molar refractivity (Wildman–Crippen MR) is 134 cm³/mol. The average Bonchev–Trinajstić information content (AvgIpc) is 3.30. The molecular weight excluding hydrogens is 489 g/mol. The number of oxazole rings is 1. The molecule has 0 aliphatic heterocycles. The Labute approximate surface area is 211 Å². The van der Waals surface area contributed by atoms with Crippen LogP contribution in [-0.4, -0.2) is 41.8 Å². The highest BCUT2D eigenvalue weighted by Gasteiger charge is 2.33. The Morgan fingerprint density at radius 3 is 2.70 bits per heavy atom. The van der Waals surface area contributed by atoms with Gasteiger partial charge < -0.3 is 25.5 Å². The highest BCUT2D eigenvalue weighted by atomic mass is 19.4. The van der Waals surface area contributed by atoms with Crippen LogP contribution < -0.4 is 21.1 Å². The van der Waals surface area contributed by atoms with E-state index in [2.05, 4.69) is 32.2 Å². The van der Waals surface area contributed by atoms with Crippen LogP contribution in [0.3, 0.4) is 0 Å². The van der Waals surface area contributed by atoms with Gasteiger partial charge in [0.05, 0.1) is 13.7 Å². The van der Waals surface area contributed by atoms with Crippen LogP contribution in [0.2, 0.25) is 0 Å². The Kier molecular flexibility index (Phi) is 8.66. The quantitative estimate of drug-likeness (QED) is 0.345. The van der Waals surface area contributed by atoms with Gasteiger partial charge in [-0.3, -0.25) is 4.79 Å². The SMILES string of the molecule is C=C(N=C/C=C\C)N[C@@H](C)CNC(=O)c1nc(-c2ccc(OC)c3nc(C(F)(F)F)ccc23)oc1CN. The normalized spacial score (nSPS) is 12.8. The van der Waals surface area contributed by atoms with Gasteiger partial charge in [0, 0.05) is 29.8 Å². The van der Waals surface area contributed by atoms with Crippen molar-refractivity contribution in [2.24, 2.45) is 10.7 Å². The van der Waals surface area contributed by atoms with Gasteiger partial charge in [0.1, 0.15) is 22.8 Å². The van der Waals surface area contributed by atoms with Gasteiger partial charge in [0.25, 0.3) is 5.91 Å². The summed E-state index contributed by atoms with van der Waals surface area (Å²) in [5, 5.41) is 6.09. The first kappa shape index (κ1) is 27.4. The minimum atomic E-state index is -4.63. The fourth-order valence-corrected chi connectivity index (χ4v) is 3.41. The van der Waals surface area contributed by atoms with Crippen LogP contribution in [0.4, 0.5) is 13.2 Å². The molecule has 1 aromatic carbocycles. The van der Waals surface area contributed by atoms with Crippen LogP contribution >= 0.6 is 0 Å². The van der Waals surface area contributed by atoms with Crippen molar-refractivity contribution in [3.63, 3.8) is 0 Å². The molecule has 2 heterocycles. The van der Waals surface area contributed by atoms with E-state index >= 15 is 0 Å². The number of benzene rings is 1. The number of halogens is 3. The number of nitrogens with two attached hydrogens (primary N) is 1. The molecule has 37 heavy (non-hydrogen) atoms. The zero-order valence-electron chi connectivity index (χ0n) is 20.5. The summed E-state index contributed by atoms with van der Waals surface area (Å²) in [6.45, 7) is 7.59. The maximum atomic E-state index is 13.2. The average molecular weight is 517 g/mol. The Hall–Kier alpha value is -4.19. The minimum Gasteiger partial charge on any atom is -0.494 e. The Morgan fingerprint density at radius 1 is 1.30 bits per heavy atom. The van der Waals surface area contributed by atoms with Gasteiger partial charge in [0.2, 0.25) is 5.89 Å². The first-order chi connectivity index (χ1) is 17.6. The van der Waals surface area contributed by atoms with Crippen molar-refractivity contribution in [3.05, 3.63) is 66.0 Å². The molecule has 2 aromatic heterocycles. The van der Waals surface area contributed by atoms with Crippen molar-refractivity contribution in [1.82, 2.24) is 20.6 Å². The first-order valence-electron chi connectivity index (χ1n) is 11.2. The molecular formula is C25H27F3N6O3. The third kappa shape index (κ3) is 6.53. The van der Waals surface area contributed by atoms with Crippen molar-refractivity contribution < 1.29 is 27.1 Å². The van der Waals surface area contributed by atoms with E-state index in [9.17, 15) is 18.0 Å². The Balaban J connectivity index is 1.86. The van der Waals surface area contributed by atoms with E-state index in [1.807, 2.05) is 19.9 Å². The van der Waals surface area contributed by atoms with Crippen molar-refractivity contribution in [3.8, 4) is 17.2 Å². The number of aliphatic imine (C=N–C) groups is 1. The lowest BCUT2D eigenvalue weighted by Gasteiger charge is -2.15. The van der Waals surface area contributed by atoms with Crippen LogP contribution in [0.5, 0.6) is 5.75 Å². The smallest absolute Gasteiger partial charge is 0.433 e. The highest BCUT2D eigenvalue weighted by molar-refractivity contribution is 5.98. The number of hydrogen-bond donors (Lipinski definition) is 3. The van der Waals surface area contributed by atoms with Gasteiger partial charge in [-0.1, -0.05) is 12.7 Å². The molecule has 0 bridgehead atoms. The zero-order valence-corrected chi connectivity index (χ0v) is 20.5. The lowest BCUT2D eigenvalue weighted by molar-refractivity contribution is -0.140. The fraction of sp³-hybridized carbons (Fsp3) is 0.280. The van der Waals surface area contributed by atoms with Crippen LogP contribution in [0, 0.1) is 0 Å². The van der Waals surface area contributed by atoms with Gasteiger partial charge in [-0.2, -0.15) is 13.2 Å². The third-order valence-corrected chi connectivity index (χ3v) is 5.15. The molecule has 1 atom stereocenters. The topological polar surface area (TPSA) is 128 Å². The third-order valence-electron chi connectivity index (χ3n) is 5.15. The van der Waals surface area contributed by atoms with Gasteiger partial charge in [-0.05, 0) is 44.2 Å². The summed E-state index contributed by atoms with van der Waals surface area (Å²) in [7, 11) is 1.33. The van der Waals surface area contributed by atoms with Crippen molar-refractivity contribution in [1.29, 1.82) is 0 Å². The van der Waals surface area contributed by atoms with Crippen molar-refractivity contribution in [2.75, 3.05) is 13.7 Å². The number of methoxy groups -OCH3 is 1. The molecule has 0 aliphatic carbocycles. The van der Waals surface area contributed by atoms with E-state index in [0.717, 1.165) is 6.07 Å². The van der Waals surface area contributed by atoms with E-state index in [1.165, 1.54) is 19.2 Å². The van der Waals surface area contributed by atoms with Crippen LogP contribution in [0.15, 0.2) is 58.2 Å². The Bertz CT molecular complexity index is 1350. The summed E-state index contributed by atoms with van der Waals surface area (Å²) < 4.78 is 50.6. The predicted octanol–water partition coefficient (Wildman–Crippen LogP) is 4.20. The molecule has 4 N–H and O–H groups in total. The number of allylic oxidation sites excluding steroid dienone is 2. The second kappa shape index (κ2) is 11.7. The monoisotopic (exact) mass is 516 g/mol. The van der Waals surface area contributed by atoms with Crippen LogP contribution in [-0.2, 0) is 12.7 Å². The number of amides is 1. The maximum Gasteiger partial charge on any atom is 0.433 e. The molecule has 196 valence electrons. The molecule has 0 spiro atoms. The molecule has 0 radical (unpaired) electrons. The van der Waals surface area contributed by atoms with E-state index in [4.69, 9.17) is 14.9 Å². The Morgan fingerprint density at radius 2 is 2.05 bits per heavy atom. The molecule has 0 unspecified atom stereocenters. The number of ether oxygens (including phenoxy) is 1. The minimum absolute atomic E-state index is 0.0117. The molecule has 0 fully saturated rings. The number of fused-ring (bicyclic) bond motifs is 1. The zero-order chi connectivity index (χ0) is 27.2. The summed E-state index contributed by atoms with van der Waals surface area (Å²) in [6.07, 6.45) is 0.542. The summed E-state index contributed by atoms with van der Waals surface area (Å²) in [4.78, 5) is 25.0. The number of rotatable bonds is 10. The lowest BCUT2D eigenvalue weighted by Crippen LogP contribution is -2.38. The fourth-order valence-electron chi connectivity index (χ4n) is 3.41. The van der Waals surface area contributed by atoms with Crippen molar-refractivity contribution in [2.45, 2.75) is 32.6 Å². The number of aromatic nitrogens is 2. The molecule has 9 nitrogen and oxygen atoms in total. The van der Waals surface area contributed by atoms with Gasteiger partial charge in [-0.25, -0.2) is 15.0 Å². The molecule has 0 saturated carbocycles. The summed E-state index contributed by atoms with van der Waals surface area (Å²) >= 11 is 0. The lowest BCUT2D eigenvalue weighted by atomic mass is 10.1. The standard InChI is InChI=1S/C25H27F3N6O3/c1-5-6-11-30-15(3)32-14(2)13-31-23(35)22-19(12-29)37-24(34-22)17-7-9-18(36-4)21-16(17)8-10-20(33-21)25(26,27)28/h5-11,14,32H,3,12-13,29H2,1-2,4H3,(H,31,35)/b6-5-,30-11?/t14-/m0/s1. The van der Waals surface area contributed by atoms with Gasteiger partial charge in [0.15, 0.2) is 11.5 Å². The number of carbonyl (C=O) groups is 1. The second-order valence-electron chi connectivity index (χ2n) is 7.91. The molecule has 3 rings (SSSR count). The number of nitrogens with zero attached hydrogens (tertiary/aromatic N) is 3. The largest absolute Gasteiger partial charge is 0.494 e. The van der Waals surface area contributed by atoms with Gasteiger partial charge >= 0.3 is 6.18 Å². The van der Waals surface area contributed by atoms with E-state index in [1.54, 1.807) is 18.4 Å².